The third kappa shape index (κ3) is 6.32. The third-order valence-electron chi connectivity index (χ3n) is 4.84. The maximum atomic E-state index is 8.60. The number of nitrogens with zero attached hydrogens (tertiary/aromatic N) is 2. The summed E-state index contributed by atoms with van der Waals surface area (Å²) in [4.78, 5) is 5.30. The molecule has 5 nitrogen and oxygen atoms in total. The molecule has 0 spiro atoms. The van der Waals surface area contributed by atoms with E-state index in [1.54, 1.807) is 0 Å². The number of thiophene rings is 1. The van der Waals surface area contributed by atoms with Gasteiger partial charge < -0.3 is 14.8 Å². The zero-order chi connectivity index (χ0) is 19.6. The van der Waals surface area contributed by atoms with E-state index in [9.17, 15) is 0 Å². The van der Waals surface area contributed by atoms with Gasteiger partial charge in [-0.2, -0.15) is 5.26 Å². The van der Waals surface area contributed by atoms with Gasteiger partial charge in [0.1, 0.15) is 5.75 Å². The van der Waals surface area contributed by atoms with E-state index < -0.39 is 0 Å². The number of aryl methyl sites for hydroxylation is 1. The van der Waals surface area contributed by atoms with E-state index in [1.165, 1.54) is 15.3 Å². The van der Waals surface area contributed by atoms with E-state index in [2.05, 4.69) is 47.5 Å². The fourth-order valence-corrected chi connectivity index (χ4v) is 4.38. The summed E-state index contributed by atoms with van der Waals surface area (Å²) in [6, 6.07) is 15.2. The normalized spacial score (nSPS) is 15.9. The van der Waals surface area contributed by atoms with E-state index in [4.69, 9.17) is 14.7 Å². The average molecular weight is 400 g/mol. The molecule has 1 aromatic carbocycles. The Morgan fingerprint density at radius 3 is 2.89 bits per heavy atom. The van der Waals surface area contributed by atoms with Gasteiger partial charge in [0.15, 0.2) is 0 Å². The second kappa shape index (κ2) is 11.2. The highest BCUT2D eigenvalue weighted by Gasteiger charge is 2.23. The molecule has 2 aromatic rings. The Labute approximate surface area is 171 Å². The fraction of sp³-hybridized carbons (Fsp3) is 0.500. The summed E-state index contributed by atoms with van der Waals surface area (Å²) in [5.74, 6) is 0.871. The van der Waals surface area contributed by atoms with Crippen LogP contribution >= 0.6 is 11.3 Å². The SMILES string of the molecule is Cc1ccc(C(CNCc2cccc(OCCCC#N)c2)N2CCOCC2)s1. The lowest BCUT2D eigenvalue weighted by atomic mass is 10.1. The molecule has 0 saturated carbocycles. The van der Waals surface area contributed by atoms with Gasteiger partial charge in [0.05, 0.1) is 31.9 Å². The van der Waals surface area contributed by atoms with Crippen molar-refractivity contribution in [3.05, 3.63) is 51.7 Å². The minimum absolute atomic E-state index is 0.382. The van der Waals surface area contributed by atoms with Gasteiger partial charge in [-0.15, -0.1) is 11.3 Å². The van der Waals surface area contributed by atoms with Crippen LogP contribution < -0.4 is 10.1 Å². The van der Waals surface area contributed by atoms with Gasteiger partial charge in [-0.1, -0.05) is 12.1 Å². The summed E-state index contributed by atoms with van der Waals surface area (Å²) < 4.78 is 11.3. The van der Waals surface area contributed by atoms with Gasteiger partial charge in [-0.25, -0.2) is 0 Å². The number of nitrogens with one attached hydrogen (secondary N) is 1. The molecule has 6 heteroatoms. The predicted molar refractivity (Wildman–Crippen MR) is 113 cm³/mol. The second-order valence-electron chi connectivity index (χ2n) is 7.00. The topological polar surface area (TPSA) is 57.5 Å². The number of nitriles is 1. The molecule has 0 amide bonds. The van der Waals surface area contributed by atoms with Crippen LogP contribution in [-0.4, -0.2) is 44.4 Å². The third-order valence-corrected chi connectivity index (χ3v) is 5.94. The molecule has 1 aliphatic heterocycles. The van der Waals surface area contributed by atoms with Crippen LogP contribution in [0.5, 0.6) is 5.75 Å². The van der Waals surface area contributed by atoms with Crippen LogP contribution in [0.25, 0.3) is 0 Å². The van der Waals surface area contributed by atoms with Crippen molar-refractivity contribution in [1.82, 2.24) is 10.2 Å². The summed E-state index contributed by atoms with van der Waals surface area (Å²) >= 11 is 1.89. The first-order chi connectivity index (χ1) is 13.8. The monoisotopic (exact) mass is 399 g/mol. The summed E-state index contributed by atoms with van der Waals surface area (Å²) in [6.45, 7) is 8.05. The highest BCUT2D eigenvalue weighted by Crippen LogP contribution is 2.28. The Morgan fingerprint density at radius 1 is 1.29 bits per heavy atom. The molecule has 0 aliphatic carbocycles. The van der Waals surface area contributed by atoms with E-state index in [-0.39, 0.29) is 0 Å². The standard InChI is InChI=1S/C22H29N3O2S/c1-18-7-8-22(28-18)21(25-10-13-26-14-11-25)17-24-16-19-5-4-6-20(15-19)27-12-3-2-9-23/h4-8,15,21,24H,2-3,10-14,16-17H2,1H3. The zero-order valence-corrected chi connectivity index (χ0v) is 17.3. The Balaban J connectivity index is 1.54. The van der Waals surface area contributed by atoms with Crippen LogP contribution in [0, 0.1) is 18.3 Å². The fourth-order valence-electron chi connectivity index (χ4n) is 3.37. The smallest absolute Gasteiger partial charge is 0.119 e. The average Bonchev–Trinajstić information content (AvgIpc) is 3.15. The molecule has 150 valence electrons. The molecule has 1 atom stereocenters. The van der Waals surface area contributed by atoms with Crippen molar-refractivity contribution in [2.45, 2.75) is 32.4 Å². The number of hydrogen-bond donors (Lipinski definition) is 1. The number of rotatable bonds is 10. The van der Waals surface area contributed by atoms with Gasteiger partial charge in [0.25, 0.3) is 0 Å². The number of hydrogen-bond acceptors (Lipinski definition) is 6. The molecule has 1 aromatic heterocycles. The van der Waals surface area contributed by atoms with Crippen LogP contribution in [-0.2, 0) is 11.3 Å². The Hall–Kier alpha value is -1.91. The summed E-state index contributed by atoms with van der Waals surface area (Å²) in [6.07, 6.45) is 1.30. The molecule has 0 bridgehead atoms. The summed E-state index contributed by atoms with van der Waals surface area (Å²) in [7, 11) is 0. The molecular weight excluding hydrogens is 370 g/mol. The Morgan fingerprint density at radius 2 is 2.14 bits per heavy atom. The molecule has 1 fully saturated rings. The van der Waals surface area contributed by atoms with Crippen LogP contribution in [0.4, 0.5) is 0 Å². The summed E-state index contributed by atoms with van der Waals surface area (Å²) in [5, 5.41) is 12.2. The molecule has 1 saturated heterocycles. The van der Waals surface area contributed by atoms with Crippen molar-refractivity contribution in [2.24, 2.45) is 0 Å². The minimum Gasteiger partial charge on any atom is -0.494 e. The first-order valence-corrected chi connectivity index (χ1v) is 10.8. The number of benzene rings is 1. The lowest BCUT2D eigenvalue weighted by Crippen LogP contribution is -2.42. The molecule has 1 aliphatic rings. The van der Waals surface area contributed by atoms with Crippen LogP contribution in [0.1, 0.15) is 34.2 Å². The van der Waals surface area contributed by atoms with Crippen molar-refractivity contribution >= 4 is 11.3 Å². The largest absolute Gasteiger partial charge is 0.494 e. The lowest BCUT2D eigenvalue weighted by Gasteiger charge is -2.34. The van der Waals surface area contributed by atoms with E-state index in [0.717, 1.165) is 51.6 Å². The van der Waals surface area contributed by atoms with E-state index >= 15 is 0 Å². The lowest BCUT2D eigenvalue weighted by molar-refractivity contribution is 0.0168. The number of ether oxygens (including phenoxy) is 2. The first-order valence-electron chi connectivity index (χ1n) is 9.94. The van der Waals surface area contributed by atoms with Crippen molar-refractivity contribution in [3.63, 3.8) is 0 Å². The van der Waals surface area contributed by atoms with Gasteiger partial charge in [-0.3, -0.25) is 4.90 Å². The van der Waals surface area contributed by atoms with Crippen LogP contribution in [0.3, 0.4) is 0 Å². The van der Waals surface area contributed by atoms with Crippen LogP contribution in [0.2, 0.25) is 0 Å². The zero-order valence-electron chi connectivity index (χ0n) is 16.5. The highest BCUT2D eigenvalue weighted by molar-refractivity contribution is 7.12. The molecular formula is C22H29N3O2S. The molecule has 1 unspecified atom stereocenters. The maximum Gasteiger partial charge on any atom is 0.119 e. The second-order valence-corrected chi connectivity index (χ2v) is 8.32. The minimum atomic E-state index is 0.382. The first kappa shape index (κ1) is 20.8. The molecule has 28 heavy (non-hydrogen) atoms. The Bertz CT molecular complexity index is 765. The van der Waals surface area contributed by atoms with Crippen molar-refractivity contribution in [3.8, 4) is 11.8 Å². The molecule has 0 radical (unpaired) electrons. The number of unbranched alkanes of at least 4 members (excludes halogenated alkanes) is 1. The van der Waals surface area contributed by atoms with Crippen molar-refractivity contribution in [2.75, 3.05) is 39.5 Å². The molecule has 1 N–H and O–H groups in total. The highest BCUT2D eigenvalue weighted by atomic mass is 32.1. The molecule has 3 rings (SSSR count). The Kier molecular flexibility index (Phi) is 8.31. The number of morpholine rings is 1. The van der Waals surface area contributed by atoms with Crippen LogP contribution in [0.15, 0.2) is 36.4 Å². The maximum absolute atomic E-state index is 8.60. The van der Waals surface area contributed by atoms with Crippen molar-refractivity contribution in [1.29, 1.82) is 5.26 Å². The van der Waals surface area contributed by atoms with Gasteiger partial charge in [-0.05, 0) is 43.2 Å². The van der Waals surface area contributed by atoms with E-state index in [1.807, 2.05) is 23.5 Å². The molecule has 2 heterocycles. The van der Waals surface area contributed by atoms with Crippen molar-refractivity contribution < 1.29 is 9.47 Å². The summed E-state index contributed by atoms with van der Waals surface area (Å²) in [5.41, 5.74) is 1.21. The quantitative estimate of drug-likeness (QED) is 0.614. The van der Waals surface area contributed by atoms with Gasteiger partial charge >= 0.3 is 0 Å². The van der Waals surface area contributed by atoms with E-state index in [0.29, 0.717) is 19.1 Å². The van der Waals surface area contributed by atoms with Gasteiger partial charge in [0.2, 0.25) is 0 Å². The van der Waals surface area contributed by atoms with Gasteiger partial charge in [0, 0.05) is 42.4 Å². The predicted octanol–water partition coefficient (Wildman–Crippen LogP) is 3.90.